The van der Waals surface area contributed by atoms with Crippen LogP contribution in [0.2, 0.25) is 0 Å². The van der Waals surface area contributed by atoms with Gasteiger partial charge in [0.15, 0.2) is 5.78 Å². The van der Waals surface area contributed by atoms with E-state index in [0.717, 1.165) is 18.4 Å². The van der Waals surface area contributed by atoms with Gasteiger partial charge in [-0.1, -0.05) is 30.3 Å². The van der Waals surface area contributed by atoms with Crippen LogP contribution < -0.4 is 0 Å². The molecule has 88 valence electrons. The van der Waals surface area contributed by atoms with Gasteiger partial charge in [-0.05, 0) is 12.8 Å². The maximum atomic E-state index is 11.4. The van der Waals surface area contributed by atoms with Gasteiger partial charge in [-0.2, -0.15) is 8.42 Å². The summed E-state index contributed by atoms with van der Waals surface area (Å²) in [7, 11) is 4.81. The molecule has 0 atom stereocenters. The average molecular weight is 281 g/mol. The number of Topliss-reactive ketones (excluding diaryl/α,β-unsaturated/α-hetero) is 1. The summed E-state index contributed by atoms with van der Waals surface area (Å²) in [6.45, 7) is 0. The summed E-state index contributed by atoms with van der Waals surface area (Å²) in [5, 5.41) is 0. The highest BCUT2D eigenvalue weighted by Gasteiger charge is 2.29. The molecule has 0 saturated heterocycles. The molecule has 1 aliphatic rings. The first-order chi connectivity index (χ1) is 7.38. The quantitative estimate of drug-likeness (QED) is 0.618. The molecular formula is C10H10Cl2O3S. The van der Waals surface area contributed by atoms with Crippen LogP contribution in [0.1, 0.15) is 23.2 Å². The van der Waals surface area contributed by atoms with Gasteiger partial charge in [-0.25, -0.2) is 0 Å². The minimum atomic E-state index is -3.72. The van der Waals surface area contributed by atoms with Gasteiger partial charge in [-0.15, -0.1) is 0 Å². The van der Waals surface area contributed by atoms with Crippen LogP contribution in [0.15, 0.2) is 30.3 Å². The summed E-state index contributed by atoms with van der Waals surface area (Å²) in [5.41, 5.74) is 0.870. The van der Waals surface area contributed by atoms with Gasteiger partial charge in [0, 0.05) is 32.8 Å². The molecule has 16 heavy (non-hydrogen) atoms. The van der Waals surface area contributed by atoms with Crippen molar-refractivity contribution in [2.75, 3.05) is 0 Å². The monoisotopic (exact) mass is 280 g/mol. The molecule has 1 saturated carbocycles. The molecule has 0 radical (unpaired) electrons. The third-order valence-electron chi connectivity index (χ3n) is 2.01. The molecule has 0 aromatic heterocycles. The number of benzene rings is 1. The van der Waals surface area contributed by atoms with Crippen molar-refractivity contribution in [2.45, 2.75) is 12.8 Å². The summed E-state index contributed by atoms with van der Waals surface area (Å²) >= 11 is 0. The number of hydrogen-bond donors (Lipinski definition) is 0. The molecule has 6 heteroatoms. The number of carbonyl (C=O) groups excluding carboxylic acids is 1. The Bertz CT molecular complexity index is 444. The molecule has 3 nitrogen and oxygen atoms in total. The average Bonchev–Trinajstić information content (AvgIpc) is 2.99. The number of halogens is 2. The predicted octanol–water partition coefficient (Wildman–Crippen LogP) is 2.99. The Balaban J connectivity index is 0.000000221. The SMILES string of the molecule is O=C(c1ccccc1)C1CC1.O=S(=O)(Cl)Cl. The van der Waals surface area contributed by atoms with Gasteiger partial charge >= 0.3 is 8.26 Å². The molecule has 1 fully saturated rings. The van der Waals surface area contributed by atoms with Crippen molar-refractivity contribution in [3.63, 3.8) is 0 Å². The number of hydrogen-bond acceptors (Lipinski definition) is 3. The summed E-state index contributed by atoms with van der Waals surface area (Å²) in [6.07, 6.45) is 2.18. The lowest BCUT2D eigenvalue weighted by atomic mass is 10.1. The second-order valence-electron chi connectivity index (χ2n) is 3.38. The molecule has 0 aliphatic heterocycles. The van der Waals surface area contributed by atoms with Crippen LogP contribution in [-0.2, 0) is 8.26 Å². The van der Waals surface area contributed by atoms with E-state index in [-0.39, 0.29) is 0 Å². The fourth-order valence-corrected chi connectivity index (χ4v) is 1.18. The fourth-order valence-electron chi connectivity index (χ4n) is 1.18. The predicted molar refractivity (Wildman–Crippen MR) is 64.1 cm³/mol. The van der Waals surface area contributed by atoms with Gasteiger partial charge in [0.2, 0.25) is 0 Å². The topological polar surface area (TPSA) is 51.2 Å². The van der Waals surface area contributed by atoms with Crippen LogP contribution >= 0.6 is 21.4 Å². The van der Waals surface area contributed by atoms with Crippen LogP contribution in [-0.4, -0.2) is 14.2 Å². The Hall–Kier alpha value is -0.580. The molecule has 0 heterocycles. The molecule has 2 rings (SSSR count). The minimum Gasteiger partial charge on any atom is -0.294 e. The van der Waals surface area contributed by atoms with Crippen molar-refractivity contribution in [2.24, 2.45) is 5.92 Å². The first-order valence-electron chi connectivity index (χ1n) is 4.61. The highest BCUT2D eigenvalue weighted by Crippen LogP contribution is 2.32. The lowest BCUT2D eigenvalue weighted by molar-refractivity contribution is 0.0967. The van der Waals surface area contributed by atoms with Crippen molar-refractivity contribution >= 4 is 35.4 Å². The normalized spacial score (nSPS) is 14.9. The highest BCUT2D eigenvalue weighted by atomic mass is 36.0. The van der Waals surface area contributed by atoms with Gasteiger partial charge in [-0.3, -0.25) is 4.79 Å². The zero-order valence-electron chi connectivity index (χ0n) is 8.27. The van der Waals surface area contributed by atoms with Crippen molar-refractivity contribution < 1.29 is 13.2 Å². The smallest absolute Gasteiger partial charge is 0.294 e. The summed E-state index contributed by atoms with van der Waals surface area (Å²) in [6, 6.07) is 9.54. The third kappa shape index (κ3) is 6.10. The van der Waals surface area contributed by atoms with Crippen LogP contribution in [0.4, 0.5) is 0 Å². The Kier molecular flexibility index (Phi) is 4.77. The molecular weight excluding hydrogens is 271 g/mol. The second-order valence-corrected chi connectivity index (χ2v) is 7.05. The Labute approximate surface area is 103 Å². The van der Waals surface area contributed by atoms with E-state index in [4.69, 9.17) is 8.42 Å². The third-order valence-corrected chi connectivity index (χ3v) is 2.01. The molecule has 1 aromatic carbocycles. The standard InChI is InChI=1S/C10H10O.Cl2O2S/c11-10(9-6-7-9)8-4-2-1-3-5-8;1-5(2,3)4/h1-5,9H,6-7H2;. The zero-order chi connectivity index (χ0) is 12.2. The molecule has 1 aliphatic carbocycles. The van der Waals surface area contributed by atoms with Crippen molar-refractivity contribution in [3.8, 4) is 0 Å². The van der Waals surface area contributed by atoms with E-state index in [1.807, 2.05) is 30.3 Å². The fraction of sp³-hybridized carbons (Fsp3) is 0.300. The summed E-state index contributed by atoms with van der Waals surface area (Å²) in [5.74, 6) is 0.669. The van der Waals surface area contributed by atoms with E-state index < -0.39 is 8.26 Å². The van der Waals surface area contributed by atoms with Crippen molar-refractivity contribution in [1.29, 1.82) is 0 Å². The molecule has 1 aromatic rings. The highest BCUT2D eigenvalue weighted by molar-refractivity contribution is 8.31. The lowest BCUT2D eigenvalue weighted by Gasteiger charge is -1.95. The molecule has 0 spiro atoms. The number of rotatable bonds is 2. The van der Waals surface area contributed by atoms with Gasteiger partial charge in [0.05, 0.1) is 0 Å². The molecule has 0 N–H and O–H groups in total. The first-order valence-corrected chi connectivity index (χ1v) is 7.75. The number of carbonyl (C=O) groups is 1. The lowest BCUT2D eigenvalue weighted by Crippen LogP contribution is -1.99. The van der Waals surface area contributed by atoms with E-state index >= 15 is 0 Å². The second kappa shape index (κ2) is 5.66. The van der Waals surface area contributed by atoms with Crippen molar-refractivity contribution in [1.82, 2.24) is 0 Å². The van der Waals surface area contributed by atoms with E-state index in [9.17, 15) is 4.79 Å². The molecule has 0 amide bonds. The Morgan fingerprint density at radius 1 is 1.12 bits per heavy atom. The van der Waals surface area contributed by atoms with Gasteiger partial charge in [0.1, 0.15) is 0 Å². The van der Waals surface area contributed by atoms with E-state index in [1.165, 1.54) is 0 Å². The van der Waals surface area contributed by atoms with E-state index in [1.54, 1.807) is 0 Å². The van der Waals surface area contributed by atoms with Crippen LogP contribution in [0.3, 0.4) is 0 Å². The Morgan fingerprint density at radius 2 is 1.56 bits per heavy atom. The van der Waals surface area contributed by atoms with E-state index in [2.05, 4.69) is 21.4 Å². The van der Waals surface area contributed by atoms with Crippen LogP contribution in [0.25, 0.3) is 0 Å². The Morgan fingerprint density at radius 3 is 1.94 bits per heavy atom. The van der Waals surface area contributed by atoms with Crippen molar-refractivity contribution in [3.05, 3.63) is 35.9 Å². The molecule has 0 bridgehead atoms. The number of ketones is 1. The maximum Gasteiger partial charge on any atom is 0.317 e. The van der Waals surface area contributed by atoms with Crippen LogP contribution in [0, 0.1) is 5.92 Å². The largest absolute Gasteiger partial charge is 0.317 e. The maximum absolute atomic E-state index is 11.4. The van der Waals surface area contributed by atoms with E-state index in [0.29, 0.717) is 11.7 Å². The summed E-state index contributed by atoms with van der Waals surface area (Å²) in [4.78, 5) is 11.4. The van der Waals surface area contributed by atoms with Gasteiger partial charge < -0.3 is 0 Å². The first kappa shape index (κ1) is 13.5. The minimum absolute atomic E-state index is 0.325. The molecule has 0 unspecified atom stereocenters. The van der Waals surface area contributed by atoms with Crippen LogP contribution in [0.5, 0.6) is 0 Å². The summed E-state index contributed by atoms with van der Waals surface area (Å²) < 4.78 is 18.3. The zero-order valence-corrected chi connectivity index (χ0v) is 10.6. The van der Waals surface area contributed by atoms with Gasteiger partial charge in [0.25, 0.3) is 0 Å².